The van der Waals surface area contributed by atoms with E-state index in [1.807, 2.05) is 24.0 Å². The van der Waals surface area contributed by atoms with Crippen molar-refractivity contribution in [1.29, 1.82) is 0 Å². The van der Waals surface area contributed by atoms with Crippen LogP contribution in [0.4, 0.5) is 0 Å². The normalized spacial score (nSPS) is 17.4. The van der Waals surface area contributed by atoms with Gasteiger partial charge in [-0.05, 0) is 37.8 Å². The van der Waals surface area contributed by atoms with E-state index >= 15 is 0 Å². The van der Waals surface area contributed by atoms with E-state index in [1.54, 1.807) is 0 Å². The van der Waals surface area contributed by atoms with Gasteiger partial charge in [-0.3, -0.25) is 4.79 Å². The largest absolute Gasteiger partial charge is 0.337 e. The Morgan fingerprint density at radius 2 is 1.95 bits per heavy atom. The molecule has 0 radical (unpaired) electrons. The first-order chi connectivity index (χ1) is 9.07. The van der Waals surface area contributed by atoms with Gasteiger partial charge in [0.1, 0.15) is 0 Å². The Labute approximate surface area is 115 Å². The Balaban J connectivity index is 2.12. The topological polar surface area (TPSA) is 46.3 Å². The smallest absolute Gasteiger partial charge is 0.242 e. The number of aryl methyl sites for hydroxylation is 1. The van der Waals surface area contributed by atoms with Gasteiger partial charge < -0.3 is 10.6 Å². The number of hydrogen-bond donors (Lipinski definition) is 1. The number of amides is 1. The van der Waals surface area contributed by atoms with Crippen LogP contribution < -0.4 is 5.73 Å². The van der Waals surface area contributed by atoms with Crippen molar-refractivity contribution in [1.82, 2.24) is 4.90 Å². The molecule has 0 atom stereocenters. The minimum absolute atomic E-state index is 0.121. The molecule has 104 valence electrons. The quantitative estimate of drug-likeness (QED) is 0.904. The molecule has 1 aliphatic carbocycles. The number of carbonyl (C=O) groups is 1. The maximum atomic E-state index is 12.6. The van der Waals surface area contributed by atoms with E-state index in [0.717, 1.165) is 25.7 Å². The number of likely N-dealkylation sites (N-methyl/N-ethyl adjacent to an activating group) is 1. The van der Waals surface area contributed by atoms with Gasteiger partial charge in [-0.15, -0.1) is 0 Å². The van der Waals surface area contributed by atoms with Gasteiger partial charge in [0.15, 0.2) is 0 Å². The van der Waals surface area contributed by atoms with E-state index in [4.69, 9.17) is 5.73 Å². The first-order valence-corrected chi connectivity index (χ1v) is 7.19. The molecular formula is C16H24N2O. The van der Waals surface area contributed by atoms with Gasteiger partial charge >= 0.3 is 0 Å². The first kappa shape index (κ1) is 14.1. The Morgan fingerprint density at radius 3 is 2.53 bits per heavy atom. The monoisotopic (exact) mass is 260 g/mol. The van der Waals surface area contributed by atoms with Crippen LogP contribution in [0.1, 0.15) is 43.7 Å². The second-order valence-corrected chi connectivity index (χ2v) is 5.61. The summed E-state index contributed by atoms with van der Waals surface area (Å²) < 4.78 is 0. The number of nitrogens with zero attached hydrogens (tertiary/aromatic N) is 1. The summed E-state index contributed by atoms with van der Waals surface area (Å²) in [5.41, 5.74) is 8.10. The van der Waals surface area contributed by atoms with Crippen LogP contribution in [0.25, 0.3) is 0 Å². The molecular weight excluding hydrogens is 236 g/mol. The summed E-state index contributed by atoms with van der Waals surface area (Å²) >= 11 is 0. The number of carbonyl (C=O) groups excluding carboxylic acids is 1. The second kappa shape index (κ2) is 5.74. The summed E-state index contributed by atoms with van der Waals surface area (Å²) in [6.07, 6.45) is 3.81. The summed E-state index contributed by atoms with van der Waals surface area (Å²) in [5.74, 6) is 0.121. The molecule has 0 aromatic heterocycles. The van der Waals surface area contributed by atoms with E-state index in [9.17, 15) is 4.79 Å². The number of benzene rings is 1. The molecule has 0 unspecified atom stereocenters. The molecule has 0 bridgehead atoms. The standard InChI is InChI=1S/C16H24N2O/c1-3-18(12-14-9-5-4-8-13(14)2)15(19)16(17)10-6-7-11-16/h4-5,8-9H,3,6-7,10-12,17H2,1-2H3. The van der Waals surface area contributed by atoms with Crippen LogP contribution >= 0.6 is 0 Å². The third kappa shape index (κ3) is 2.98. The minimum atomic E-state index is -0.612. The van der Waals surface area contributed by atoms with Gasteiger partial charge in [-0.25, -0.2) is 0 Å². The fraction of sp³-hybridized carbons (Fsp3) is 0.562. The van der Waals surface area contributed by atoms with Crippen LogP contribution in [-0.4, -0.2) is 22.9 Å². The zero-order valence-electron chi connectivity index (χ0n) is 12.0. The zero-order valence-corrected chi connectivity index (χ0v) is 12.0. The lowest BCUT2D eigenvalue weighted by Crippen LogP contribution is -2.53. The molecule has 1 aromatic carbocycles. The molecule has 2 rings (SSSR count). The van der Waals surface area contributed by atoms with E-state index in [0.29, 0.717) is 13.1 Å². The number of hydrogen-bond acceptors (Lipinski definition) is 2. The molecule has 1 aliphatic rings. The van der Waals surface area contributed by atoms with Crippen molar-refractivity contribution >= 4 is 5.91 Å². The molecule has 1 saturated carbocycles. The summed E-state index contributed by atoms with van der Waals surface area (Å²) in [6, 6.07) is 8.22. The highest BCUT2D eigenvalue weighted by Crippen LogP contribution is 2.29. The molecule has 0 saturated heterocycles. The molecule has 0 aliphatic heterocycles. The molecule has 1 amide bonds. The lowest BCUT2D eigenvalue weighted by Gasteiger charge is -2.31. The maximum Gasteiger partial charge on any atom is 0.242 e. The molecule has 1 aromatic rings. The summed E-state index contributed by atoms with van der Waals surface area (Å²) in [4.78, 5) is 14.5. The van der Waals surface area contributed by atoms with E-state index in [2.05, 4.69) is 19.1 Å². The average Bonchev–Trinajstić information content (AvgIpc) is 2.85. The highest BCUT2D eigenvalue weighted by atomic mass is 16.2. The van der Waals surface area contributed by atoms with Crippen molar-refractivity contribution in [3.8, 4) is 0 Å². The lowest BCUT2D eigenvalue weighted by molar-refractivity contribution is -0.137. The van der Waals surface area contributed by atoms with Gasteiger partial charge in [0.25, 0.3) is 0 Å². The molecule has 19 heavy (non-hydrogen) atoms. The third-order valence-electron chi connectivity index (χ3n) is 4.21. The summed E-state index contributed by atoms with van der Waals surface area (Å²) in [5, 5.41) is 0. The van der Waals surface area contributed by atoms with Gasteiger partial charge in [-0.2, -0.15) is 0 Å². The Bertz CT molecular complexity index is 450. The van der Waals surface area contributed by atoms with Crippen LogP contribution in [0.5, 0.6) is 0 Å². The predicted octanol–water partition coefficient (Wildman–Crippen LogP) is 2.62. The SMILES string of the molecule is CCN(Cc1ccccc1C)C(=O)C1(N)CCCC1. The fourth-order valence-electron chi connectivity index (χ4n) is 2.85. The van der Waals surface area contributed by atoms with Crippen molar-refractivity contribution in [2.45, 2.75) is 51.6 Å². The van der Waals surface area contributed by atoms with E-state index in [1.165, 1.54) is 11.1 Å². The summed E-state index contributed by atoms with van der Waals surface area (Å²) in [6.45, 7) is 5.49. The van der Waals surface area contributed by atoms with Crippen LogP contribution in [0, 0.1) is 6.92 Å². The first-order valence-electron chi connectivity index (χ1n) is 7.19. The van der Waals surface area contributed by atoms with Crippen molar-refractivity contribution in [2.75, 3.05) is 6.54 Å². The minimum Gasteiger partial charge on any atom is -0.337 e. The van der Waals surface area contributed by atoms with Crippen LogP contribution in [0.15, 0.2) is 24.3 Å². The van der Waals surface area contributed by atoms with Crippen LogP contribution in [0.2, 0.25) is 0 Å². The second-order valence-electron chi connectivity index (χ2n) is 5.61. The van der Waals surface area contributed by atoms with Crippen LogP contribution in [-0.2, 0) is 11.3 Å². The highest BCUT2D eigenvalue weighted by molar-refractivity contribution is 5.86. The van der Waals surface area contributed by atoms with E-state index in [-0.39, 0.29) is 5.91 Å². The number of rotatable bonds is 4. The van der Waals surface area contributed by atoms with Crippen molar-refractivity contribution in [3.05, 3.63) is 35.4 Å². The van der Waals surface area contributed by atoms with Gasteiger partial charge in [0, 0.05) is 13.1 Å². The predicted molar refractivity (Wildman–Crippen MR) is 77.7 cm³/mol. The van der Waals surface area contributed by atoms with Crippen molar-refractivity contribution in [2.24, 2.45) is 5.73 Å². The Kier molecular flexibility index (Phi) is 4.25. The Morgan fingerprint density at radius 1 is 1.32 bits per heavy atom. The van der Waals surface area contributed by atoms with Crippen molar-refractivity contribution in [3.63, 3.8) is 0 Å². The third-order valence-corrected chi connectivity index (χ3v) is 4.21. The molecule has 1 fully saturated rings. The zero-order chi connectivity index (χ0) is 13.9. The van der Waals surface area contributed by atoms with Gasteiger partial charge in [-0.1, -0.05) is 37.1 Å². The molecule has 2 N–H and O–H groups in total. The Hall–Kier alpha value is -1.35. The summed E-state index contributed by atoms with van der Waals surface area (Å²) in [7, 11) is 0. The van der Waals surface area contributed by atoms with Crippen LogP contribution in [0.3, 0.4) is 0 Å². The van der Waals surface area contributed by atoms with E-state index < -0.39 is 5.54 Å². The lowest BCUT2D eigenvalue weighted by atomic mass is 9.96. The fourth-order valence-corrected chi connectivity index (χ4v) is 2.85. The number of nitrogens with two attached hydrogens (primary N) is 1. The van der Waals surface area contributed by atoms with Gasteiger partial charge in [0.2, 0.25) is 5.91 Å². The molecule has 0 heterocycles. The van der Waals surface area contributed by atoms with Crippen molar-refractivity contribution < 1.29 is 4.79 Å². The maximum absolute atomic E-state index is 12.6. The van der Waals surface area contributed by atoms with Gasteiger partial charge in [0.05, 0.1) is 5.54 Å². The average molecular weight is 260 g/mol. The molecule has 0 spiro atoms. The molecule has 3 nitrogen and oxygen atoms in total. The molecule has 3 heteroatoms. The highest BCUT2D eigenvalue weighted by Gasteiger charge is 2.39.